The fraction of sp³-hybridized carbons (Fsp3) is 0.0909. The van der Waals surface area contributed by atoms with Crippen molar-refractivity contribution < 1.29 is 13.9 Å². The van der Waals surface area contributed by atoms with Crippen LogP contribution in [0.15, 0.2) is 84.0 Å². The molecule has 6 heteroatoms. The maximum atomic E-state index is 12.9. The van der Waals surface area contributed by atoms with Gasteiger partial charge in [0.1, 0.15) is 18.2 Å². The van der Waals surface area contributed by atoms with Crippen molar-refractivity contribution >= 4 is 17.8 Å². The number of nitrogens with zero attached hydrogens (tertiary/aromatic N) is 1. The molecular formula is C22H20FN3O2. The second kappa shape index (κ2) is 9.87. The minimum atomic E-state index is -0.326. The van der Waals surface area contributed by atoms with Crippen LogP contribution in [0.3, 0.4) is 0 Å². The predicted octanol–water partition coefficient (Wildman–Crippen LogP) is 3.97. The highest BCUT2D eigenvalue weighted by molar-refractivity contribution is 5.86. The van der Waals surface area contributed by atoms with E-state index in [-0.39, 0.29) is 18.3 Å². The van der Waals surface area contributed by atoms with Crippen molar-refractivity contribution in [2.24, 2.45) is 5.10 Å². The van der Waals surface area contributed by atoms with E-state index >= 15 is 0 Å². The Morgan fingerprint density at radius 1 is 0.964 bits per heavy atom. The molecular weight excluding hydrogens is 357 g/mol. The number of nitrogens with one attached hydrogen (secondary N) is 2. The molecule has 0 heterocycles. The molecule has 0 aromatic heterocycles. The van der Waals surface area contributed by atoms with Crippen molar-refractivity contribution in [3.8, 4) is 5.75 Å². The summed E-state index contributed by atoms with van der Waals surface area (Å²) >= 11 is 0. The molecule has 0 fully saturated rings. The van der Waals surface area contributed by atoms with Crippen LogP contribution in [0.1, 0.15) is 11.1 Å². The molecule has 2 N–H and O–H groups in total. The number of hydrazone groups is 1. The number of hydrogen-bond acceptors (Lipinski definition) is 4. The van der Waals surface area contributed by atoms with Gasteiger partial charge in [-0.15, -0.1) is 0 Å². The van der Waals surface area contributed by atoms with Crippen molar-refractivity contribution in [3.05, 3.63) is 95.8 Å². The Hall–Kier alpha value is -3.67. The molecule has 1 amide bonds. The smallest absolute Gasteiger partial charge is 0.259 e. The van der Waals surface area contributed by atoms with Gasteiger partial charge < -0.3 is 10.1 Å². The van der Waals surface area contributed by atoms with Gasteiger partial charge in [-0.1, -0.05) is 42.5 Å². The lowest BCUT2D eigenvalue weighted by Crippen LogP contribution is -2.25. The molecule has 0 saturated heterocycles. The number of hydrogen-bond donors (Lipinski definition) is 2. The van der Waals surface area contributed by atoms with E-state index in [9.17, 15) is 9.18 Å². The molecule has 3 aromatic rings. The number of para-hydroxylation sites is 1. The van der Waals surface area contributed by atoms with Gasteiger partial charge in [-0.2, -0.15) is 5.10 Å². The first-order chi connectivity index (χ1) is 13.7. The number of carbonyl (C=O) groups is 1. The highest BCUT2D eigenvalue weighted by atomic mass is 19.1. The van der Waals surface area contributed by atoms with Crippen LogP contribution in [0.5, 0.6) is 5.75 Å². The molecule has 142 valence electrons. The van der Waals surface area contributed by atoms with Crippen molar-refractivity contribution in [1.29, 1.82) is 0 Å². The third kappa shape index (κ3) is 5.95. The number of ether oxygens (including phenoxy) is 1. The zero-order valence-electron chi connectivity index (χ0n) is 15.1. The first kappa shape index (κ1) is 19.1. The van der Waals surface area contributed by atoms with E-state index in [0.29, 0.717) is 18.0 Å². The summed E-state index contributed by atoms with van der Waals surface area (Å²) in [5.74, 6) is 0.0322. The van der Waals surface area contributed by atoms with Crippen LogP contribution < -0.4 is 15.5 Å². The summed E-state index contributed by atoms with van der Waals surface area (Å²) in [5.41, 5.74) is 4.92. The lowest BCUT2D eigenvalue weighted by atomic mass is 10.2. The quantitative estimate of drug-likeness (QED) is 0.461. The Labute approximate surface area is 162 Å². The van der Waals surface area contributed by atoms with Crippen LogP contribution in [-0.2, 0) is 11.4 Å². The SMILES string of the molecule is O=C(CNc1ccc(F)cc1)NN=Cc1ccccc1OCc1ccccc1. The number of carbonyl (C=O) groups excluding carboxylic acids is 1. The normalized spacial score (nSPS) is 10.6. The van der Waals surface area contributed by atoms with Gasteiger partial charge in [0.05, 0.1) is 12.8 Å². The Balaban J connectivity index is 1.50. The predicted molar refractivity (Wildman–Crippen MR) is 108 cm³/mol. The van der Waals surface area contributed by atoms with E-state index < -0.39 is 0 Å². The highest BCUT2D eigenvalue weighted by Gasteiger charge is 2.03. The molecule has 0 unspecified atom stereocenters. The first-order valence-corrected chi connectivity index (χ1v) is 8.78. The third-order valence-corrected chi connectivity index (χ3v) is 3.85. The van der Waals surface area contributed by atoms with E-state index in [2.05, 4.69) is 15.8 Å². The molecule has 0 spiro atoms. The van der Waals surface area contributed by atoms with Gasteiger partial charge in [0.25, 0.3) is 5.91 Å². The first-order valence-electron chi connectivity index (χ1n) is 8.78. The average molecular weight is 377 g/mol. The summed E-state index contributed by atoms with van der Waals surface area (Å²) in [6.45, 7) is 0.467. The summed E-state index contributed by atoms with van der Waals surface area (Å²) in [7, 11) is 0. The molecule has 3 aromatic carbocycles. The van der Waals surface area contributed by atoms with Crippen molar-refractivity contribution in [2.45, 2.75) is 6.61 Å². The van der Waals surface area contributed by atoms with Gasteiger partial charge in [-0.25, -0.2) is 9.82 Å². The van der Waals surface area contributed by atoms with E-state index in [1.165, 1.54) is 18.3 Å². The van der Waals surface area contributed by atoms with Crippen LogP contribution in [0.2, 0.25) is 0 Å². The Bertz CT molecular complexity index is 928. The Kier molecular flexibility index (Phi) is 6.73. The Morgan fingerprint density at radius 3 is 2.46 bits per heavy atom. The zero-order chi connectivity index (χ0) is 19.6. The van der Waals surface area contributed by atoms with Gasteiger partial charge in [-0.05, 0) is 42.0 Å². The van der Waals surface area contributed by atoms with Gasteiger partial charge in [0.2, 0.25) is 0 Å². The number of anilines is 1. The molecule has 0 aliphatic rings. The molecule has 0 saturated carbocycles. The van der Waals surface area contributed by atoms with Gasteiger partial charge in [0.15, 0.2) is 0 Å². The Morgan fingerprint density at radius 2 is 1.68 bits per heavy atom. The molecule has 3 rings (SSSR count). The molecule has 28 heavy (non-hydrogen) atoms. The molecule has 0 aliphatic carbocycles. The van der Waals surface area contributed by atoms with E-state index in [1.807, 2.05) is 54.6 Å². The summed E-state index contributed by atoms with van der Waals surface area (Å²) in [5, 5.41) is 6.87. The van der Waals surface area contributed by atoms with Crippen molar-refractivity contribution in [3.63, 3.8) is 0 Å². The van der Waals surface area contributed by atoms with Crippen molar-refractivity contribution in [2.75, 3.05) is 11.9 Å². The molecule has 5 nitrogen and oxygen atoms in total. The van der Waals surface area contributed by atoms with E-state index in [1.54, 1.807) is 12.1 Å². The summed E-state index contributed by atoms with van der Waals surface area (Å²) < 4.78 is 18.7. The van der Waals surface area contributed by atoms with Crippen LogP contribution in [-0.4, -0.2) is 18.7 Å². The number of halogens is 1. The fourth-order valence-electron chi connectivity index (χ4n) is 2.42. The van der Waals surface area contributed by atoms with Crippen LogP contribution in [0.25, 0.3) is 0 Å². The maximum Gasteiger partial charge on any atom is 0.259 e. The molecule has 0 aliphatic heterocycles. The molecule has 0 bridgehead atoms. The standard InChI is InChI=1S/C22H20FN3O2/c23-19-10-12-20(13-11-19)24-15-22(27)26-25-14-18-8-4-5-9-21(18)28-16-17-6-2-1-3-7-17/h1-14,24H,15-16H2,(H,26,27). The van der Waals surface area contributed by atoms with Crippen LogP contribution in [0, 0.1) is 5.82 Å². The number of rotatable bonds is 8. The fourth-order valence-corrected chi connectivity index (χ4v) is 2.42. The highest BCUT2D eigenvalue weighted by Crippen LogP contribution is 2.17. The summed E-state index contributed by atoms with van der Waals surface area (Å²) in [4.78, 5) is 11.9. The number of benzene rings is 3. The average Bonchev–Trinajstić information content (AvgIpc) is 2.73. The van der Waals surface area contributed by atoms with Crippen LogP contribution >= 0.6 is 0 Å². The number of amides is 1. The summed E-state index contributed by atoms with van der Waals surface area (Å²) in [6, 6.07) is 23.1. The second-order valence-electron chi connectivity index (χ2n) is 5.97. The van der Waals surface area contributed by atoms with Crippen LogP contribution in [0.4, 0.5) is 10.1 Å². The van der Waals surface area contributed by atoms with E-state index in [0.717, 1.165) is 11.1 Å². The zero-order valence-corrected chi connectivity index (χ0v) is 15.1. The lowest BCUT2D eigenvalue weighted by Gasteiger charge is -2.09. The third-order valence-electron chi connectivity index (χ3n) is 3.85. The topological polar surface area (TPSA) is 62.7 Å². The largest absolute Gasteiger partial charge is 0.488 e. The lowest BCUT2D eigenvalue weighted by molar-refractivity contribution is -0.119. The minimum Gasteiger partial charge on any atom is -0.488 e. The monoisotopic (exact) mass is 377 g/mol. The minimum absolute atomic E-state index is 0.0229. The summed E-state index contributed by atoms with van der Waals surface area (Å²) in [6.07, 6.45) is 1.54. The van der Waals surface area contributed by atoms with Crippen molar-refractivity contribution in [1.82, 2.24) is 5.43 Å². The molecule has 0 atom stereocenters. The molecule has 0 radical (unpaired) electrons. The van der Waals surface area contributed by atoms with E-state index in [4.69, 9.17) is 4.74 Å². The maximum absolute atomic E-state index is 12.9. The second-order valence-corrected chi connectivity index (χ2v) is 5.97. The van der Waals surface area contributed by atoms with Gasteiger partial charge in [0, 0.05) is 11.3 Å². The van der Waals surface area contributed by atoms with Gasteiger partial charge >= 0.3 is 0 Å². The van der Waals surface area contributed by atoms with Gasteiger partial charge in [-0.3, -0.25) is 4.79 Å².